The summed E-state index contributed by atoms with van der Waals surface area (Å²) in [6.07, 6.45) is 9.65. The van der Waals surface area contributed by atoms with Crippen molar-refractivity contribution in [2.24, 2.45) is 50.2 Å². The summed E-state index contributed by atoms with van der Waals surface area (Å²) >= 11 is 0. The van der Waals surface area contributed by atoms with Crippen LogP contribution in [-0.2, 0) is 19.1 Å². The Bertz CT molecular complexity index is 1070. The number of fused-ring (bicyclic) bond motifs is 7. The van der Waals surface area contributed by atoms with Crippen molar-refractivity contribution in [1.82, 2.24) is 0 Å². The first-order chi connectivity index (χ1) is 17.0. The zero-order valence-electron chi connectivity index (χ0n) is 24.9. The Balaban J connectivity index is 1.69. The predicted octanol–water partition coefficient (Wildman–Crippen LogP) is 7.32. The molecule has 0 unspecified atom stereocenters. The van der Waals surface area contributed by atoms with E-state index in [9.17, 15) is 9.59 Å². The number of ketones is 1. The van der Waals surface area contributed by atoms with Gasteiger partial charge in [-0.15, -0.1) is 0 Å². The lowest BCUT2D eigenvalue weighted by molar-refractivity contribution is -0.192. The van der Waals surface area contributed by atoms with Gasteiger partial charge in [0.2, 0.25) is 0 Å². The molecular weight excluding hydrogens is 460 g/mol. The molecule has 8 atom stereocenters. The minimum absolute atomic E-state index is 0.00222. The summed E-state index contributed by atoms with van der Waals surface area (Å²) < 4.78 is 11.5. The summed E-state index contributed by atoms with van der Waals surface area (Å²) in [6, 6.07) is 0. The second kappa shape index (κ2) is 8.05. The average Bonchev–Trinajstić information content (AvgIpc) is 2.82. The molecule has 0 heterocycles. The van der Waals surface area contributed by atoms with Crippen molar-refractivity contribution in [3.05, 3.63) is 23.8 Å². The average molecular weight is 511 g/mol. The molecule has 0 saturated heterocycles. The highest BCUT2D eigenvalue weighted by molar-refractivity contribution is 5.96. The van der Waals surface area contributed by atoms with Gasteiger partial charge in [-0.1, -0.05) is 55.0 Å². The molecule has 5 aliphatic rings. The third-order valence-corrected chi connectivity index (χ3v) is 13.1. The third kappa shape index (κ3) is 3.29. The summed E-state index contributed by atoms with van der Waals surface area (Å²) in [4.78, 5) is 27.9. The number of rotatable bonds is 2. The molecule has 4 saturated carbocycles. The fourth-order valence-corrected chi connectivity index (χ4v) is 10.8. The van der Waals surface area contributed by atoms with Crippen LogP contribution >= 0.6 is 0 Å². The quantitative estimate of drug-likeness (QED) is 0.288. The van der Waals surface area contributed by atoms with Crippen LogP contribution in [-0.4, -0.2) is 32.1 Å². The van der Waals surface area contributed by atoms with Gasteiger partial charge in [-0.05, 0) is 102 Å². The van der Waals surface area contributed by atoms with Crippen molar-refractivity contribution < 1.29 is 19.1 Å². The zero-order valence-corrected chi connectivity index (χ0v) is 24.9. The molecule has 206 valence electrons. The smallest absolute Gasteiger partial charge is 0.312 e. The van der Waals surface area contributed by atoms with Crippen LogP contribution in [0, 0.1) is 50.2 Å². The van der Waals surface area contributed by atoms with Crippen LogP contribution in [0.1, 0.15) is 99.8 Å². The van der Waals surface area contributed by atoms with E-state index in [2.05, 4.69) is 55.0 Å². The molecule has 37 heavy (non-hydrogen) atoms. The molecule has 4 nitrogen and oxygen atoms in total. The number of allylic oxidation sites excluding steroid dienone is 2. The van der Waals surface area contributed by atoms with Crippen LogP contribution in [0.2, 0.25) is 0 Å². The predicted molar refractivity (Wildman–Crippen MR) is 147 cm³/mol. The molecule has 0 spiro atoms. The topological polar surface area (TPSA) is 52.6 Å². The van der Waals surface area contributed by atoms with E-state index < -0.39 is 5.41 Å². The van der Waals surface area contributed by atoms with Gasteiger partial charge in [0.15, 0.2) is 5.78 Å². The molecular formula is C33H50O4. The molecule has 0 aromatic heterocycles. The number of hydrogen-bond donors (Lipinski definition) is 0. The molecule has 0 amide bonds. The maximum absolute atomic E-state index is 14.5. The van der Waals surface area contributed by atoms with E-state index in [1.807, 2.05) is 6.08 Å². The molecule has 0 bridgehead atoms. The lowest BCUT2D eigenvalue weighted by atomic mass is 9.33. The highest BCUT2D eigenvalue weighted by Crippen LogP contribution is 2.75. The number of carbonyl (C=O) groups is 2. The van der Waals surface area contributed by atoms with Gasteiger partial charge in [0.1, 0.15) is 0 Å². The van der Waals surface area contributed by atoms with Crippen LogP contribution in [0.15, 0.2) is 23.8 Å². The first kappa shape index (κ1) is 27.2. The van der Waals surface area contributed by atoms with E-state index in [-0.39, 0.29) is 56.8 Å². The lowest BCUT2D eigenvalue weighted by Crippen LogP contribution is -2.66. The second-order valence-corrected chi connectivity index (χ2v) is 15.5. The number of methoxy groups -OCH3 is 2. The maximum Gasteiger partial charge on any atom is 0.312 e. The SMILES string of the molecule is C=C1[C@@H](OC)CC(C)(C)[C@@H]2CC[C@]3(C)C(=CC(=O)[C@@H]4[C@@H]5CC(C)(C)CC[C@]5(C(=O)OC)CC[C@]43C)[C@@]12C. The van der Waals surface area contributed by atoms with Crippen LogP contribution in [0.4, 0.5) is 0 Å². The molecule has 4 fully saturated rings. The molecule has 0 aliphatic heterocycles. The van der Waals surface area contributed by atoms with Gasteiger partial charge >= 0.3 is 5.97 Å². The molecule has 0 aromatic rings. The molecule has 0 aromatic carbocycles. The van der Waals surface area contributed by atoms with Crippen LogP contribution < -0.4 is 0 Å². The van der Waals surface area contributed by atoms with Gasteiger partial charge in [0.05, 0.1) is 18.6 Å². The normalized spacial score (nSPS) is 48.1. The Morgan fingerprint density at radius 3 is 2.22 bits per heavy atom. The molecule has 5 aliphatic carbocycles. The molecule has 0 radical (unpaired) electrons. The summed E-state index contributed by atoms with van der Waals surface area (Å²) in [5.74, 6) is 0.434. The lowest BCUT2D eigenvalue weighted by Gasteiger charge is -2.70. The van der Waals surface area contributed by atoms with Gasteiger partial charge in [0, 0.05) is 18.4 Å². The fraction of sp³-hybridized carbons (Fsp3) is 0.818. The Hall–Kier alpha value is -1.42. The van der Waals surface area contributed by atoms with Crippen LogP contribution in [0.3, 0.4) is 0 Å². The number of carbonyl (C=O) groups excluding carboxylic acids is 2. The number of esters is 1. The van der Waals surface area contributed by atoms with Gasteiger partial charge in [-0.2, -0.15) is 0 Å². The van der Waals surface area contributed by atoms with Gasteiger partial charge in [-0.3, -0.25) is 9.59 Å². The minimum Gasteiger partial charge on any atom is -0.469 e. The van der Waals surface area contributed by atoms with Crippen molar-refractivity contribution in [2.45, 2.75) is 106 Å². The number of hydrogen-bond acceptors (Lipinski definition) is 4. The summed E-state index contributed by atoms with van der Waals surface area (Å²) in [6.45, 7) is 21.2. The van der Waals surface area contributed by atoms with Crippen molar-refractivity contribution >= 4 is 11.8 Å². The maximum atomic E-state index is 14.5. The third-order valence-electron chi connectivity index (χ3n) is 13.1. The minimum atomic E-state index is -0.537. The first-order valence-electron chi connectivity index (χ1n) is 14.6. The largest absolute Gasteiger partial charge is 0.469 e. The van der Waals surface area contributed by atoms with Crippen LogP contribution in [0.5, 0.6) is 0 Å². The van der Waals surface area contributed by atoms with Crippen molar-refractivity contribution in [2.75, 3.05) is 14.2 Å². The van der Waals surface area contributed by atoms with Crippen molar-refractivity contribution in [3.8, 4) is 0 Å². The molecule has 5 rings (SSSR count). The van der Waals surface area contributed by atoms with Crippen molar-refractivity contribution in [1.29, 1.82) is 0 Å². The standard InChI is InChI=1S/C33H50O4/c1-20-23(36-9)19-29(4,5)24-11-12-30(6)25(32(20,24)8)17-22(34)26-21-18-28(2,3)13-15-33(21,27(35)37-10)16-14-31(26,30)7/h17,21,23-24,26H,1,11-16,18-19H2,2-10H3/t21-,23-,24-,26-,30+,31+,32-,33-/m0/s1. The Labute approximate surface area is 225 Å². The Morgan fingerprint density at radius 2 is 1.59 bits per heavy atom. The van der Waals surface area contributed by atoms with Gasteiger partial charge in [0.25, 0.3) is 0 Å². The van der Waals surface area contributed by atoms with E-state index in [1.165, 1.54) is 12.7 Å². The summed E-state index contributed by atoms with van der Waals surface area (Å²) in [5.41, 5.74) is 1.50. The summed E-state index contributed by atoms with van der Waals surface area (Å²) in [5, 5.41) is 0. The van der Waals surface area contributed by atoms with E-state index in [0.717, 1.165) is 56.9 Å². The molecule has 0 N–H and O–H groups in total. The van der Waals surface area contributed by atoms with Gasteiger partial charge < -0.3 is 9.47 Å². The van der Waals surface area contributed by atoms with E-state index in [0.29, 0.717) is 5.92 Å². The second-order valence-electron chi connectivity index (χ2n) is 15.5. The van der Waals surface area contributed by atoms with Crippen molar-refractivity contribution in [3.63, 3.8) is 0 Å². The Morgan fingerprint density at radius 1 is 0.946 bits per heavy atom. The molecule has 4 heteroatoms. The zero-order chi connectivity index (χ0) is 27.4. The highest BCUT2D eigenvalue weighted by Gasteiger charge is 2.71. The van der Waals surface area contributed by atoms with Crippen LogP contribution in [0.25, 0.3) is 0 Å². The monoisotopic (exact) mass is 510 g/mol. The number of ether oxygens (including phenoxy) is 2. The van der Waals surface area contributed by atoms with E-state index in [1.54, 1.807) is 7.11 Å². The van der Waals surface area contributed by atoms with E-state index in [4.69, 9.17) is 9.47 Å². The van der Waals surface area contributed by atoms with E-state index >= 15 is 0 Å². The Kier molecular flexibility index (Phi) is 5.91. The highest BCUT2D eigenvalue weighted by atomic mass is 16.5. The van der Waals surface area contributed by atoms with Gasteiger partial charge in [-0.25, -0.2) is 0 Å². The fourth-order valence-electron chi connectivity index (χ4n) is 10.8. The first-order valence-corrected chi connectivity index (χ1v) is 14.6. The summed E-state index contributed by atoms with van der Waals surface area (Å²) in [7, 11) is 3.32.